The standard InChI is InChI=1S/C20H17O3P/c21-24(22,23,19-13-5-9-15-7-1-3-11-17(15)19)20-14-6-10-16-8-2-4-12-18(16)20/h1-14,21-23H. The van der Waals surface area contributed by atoms with Crippen LogP contribution in [0.25, 0.3) is 21.5 Å². The van der Waals surface area contributed by atoms with Crippen LogP contribution in [0.4, 0.5) is 0 Å². The van der Waals surface area contributed by atoms with Crippen molar-refractivity contribution in [3.63, 3.8) is 0 Å². The van der Waals surface area contributed by atoms with Gasteiger partial charge in [-0.15, -0.1) is 0 Å². The molecule has 0 radical (unpaired) electrons. The molecule has 0 spiro atoms. The SMILES string of the molecule is OP(O)(O)(c1cccc2ccccc12)c1cccc2ccccc12. The predicted octanol–water partition coefficient (Wildman–Crippen LogP) is 3.22. The van der Waals surface area contributed by atoms with Gasteiger partial charge in [-0.1, -0.05) is 0 Å². The predicted molar refractivity (Wildman–Crippen MR) is 101 cm³/mol. The summed E-state index contributed by atoms with van der Waals surface area (Å²) in [5.41, 5.74) is 0. The number of hydrogen-bond acceptors (Lipinski definition) is 3. The van der Waals surface area contributed by atoms with Crippen molar-refractivity contribution in [2.24, 2.45) is 0 Å². The van der Waals surface area contributed by atoms with E-state index < -0.39 is 7.28 Å². The summed E-state index contributed by atoms with van der Waals surface area (Å²) in [7, 11) is -5.28. The molecule has 0 fully saturated rings. The second-order valence-corrected chi connectivity index (χ2v) is 8.90. The minimum atomic E-state index is -5.28. The van der Waals surface area contributed by atoms with Gasteiger partial charge in [-0.2, -0.15) is 0 Å². The van der Waals surface area contributed by atoms with Crippen LogP contribution in [0.1, 0.15) is 0 Å². The number of rotatable bonds is 2. The van der Waals surface area contributed by atoms with Crippen LogP contribution >= 0.6 is 7.28 Å². The van der Waals surface area contributed by atoms with Gasteiger partial charge in [-0.3, -0.25) is 0 Å². The van der Waals surface area contributed by atoms with Crippen molar-refractivity contribution >= 4 is 39.4 Å². The molecule has 0 amide bonds. The number of fused-ring (bicyclic) bond motifs is 2. The summed E-state index contributed by atoms with van der Waals surface area (Å²) < 4.78 is 0. The van der Waals surface area contributed by atoms with Crippen molar-refractivity contribution in [3.05, 3.63) is 84.9 Å². The quantitative estimate of drug-likeness (QED) is 0.493. The van der Waals surface area contributed by atoms with E-state index >= 15 is 0 Å². The average molecular weight is 336 g/mol. The number of benzene rings is 4. The molecular formula is C20H17O3P. The van der Waals surface area contributed by atoms with Gasteiger partial charge in [-0.05, 0) is 0 Å². The van der Waals surface area contributed by atoms with E-state index in [1.165, 1.54) is 0 Å². The third-order valence-corrected chi connectivity index (χ3v) is 6.98. The Morgan fingerprint density at radius 1 is 0.458 bits per heavy atom. The molecule has 24 heavy (non-hydrogen) atoms. The Hall–Kier alpha value is -2.29. The van der Waals surface area contributed by atoms with Crippen LogP contribution in [0, 0.1) is 0 Å². The van der Waals surface area contributed by atoms with Crippen LogP contribution in [-0.2, 0) is 0 Å². The Morgan fingerprint density at radius 2 is 0.833 bits per heavy atom. The molecule has 3 nitrogen and oxygen atoms in total. The molecule has 0 bridgehead atoms. The zero-order chi connectivity index (χ0) is 16.8. The summed E-state index contributed by atoms with van der Waals surface area (Å²) >= 11 is 0. The molecule has 0 saturated heterocycles. The van der Waals surface area contributed by atoms with Crippen molar-refractivity contribution in [2.75, 3.05) is 0 Å². The average Bonchev–Trinajstić information content (AvgIpc) is 2.60. The van der Waals surface area contributed by atoms with Crippen LogP contribution in [0.3, 0.4) is 0 Å². The minimum absolute atomic E-state index is 0.162. The Labute approximate surface area is 139 Å². The molecule has 0 saturated carbocycles. The van der Waals surface area contributed by atoms with Crippen LogP contribution < -0.4 is 10.6 Å². The molecule has 4 aromatic carbocycles. The summed E-state index contributed by atoms with van der Waals surface area (Å²) in [5, 5.41) is 3.30. The monoisotopic (exact) mass is 336 g/mol. The normalized spacial score (nSPS) is 13.7. The fourth-order valence-electron chi connectivity index (χ4n) is 3.26. The van der Waals surface area contributed by atoms with Gasteiger partial charge in [0.2, 0.25) is 0 Å². The van der Waals surface area contributed by atoms with E-state index in [2.05, 4.69) is 0 Å². The topological polar surface area (TPSA) is 60.7 Å². The third-order valence-electron chi connectivity index (χ3n) is 4.42. The first-order chi connectivity index (χ1) is 11.5. The second-order valence-electron chi connectivity index (χ2n) is 5.98. The van der Waals surface area contributed by atoms with E-state index in [0.29, 0.717) is 10.8 Å². The van der Waals surface area contributed by atoms with Gasteiger partial charge in [0, 0.05) is 0 Å². The van der Waals surface area contributed by atoms with Crippen molar-refractivity contribution < 1.29 is 14.7 Å². The molecular weight excluding hydrogens is 319 g/mol. The second kappa shape index (κ2) is 5.10. The Morgan fingerprint density at radius 3 is 1.29 bits per heavy atom. The molecule has 0 aromatic heterocycles. The summed E-state index contributed by atoms with van der Waals surface area (Å²) in [6.07, 6.45) is 0. The van der Waals surface area contributed by atoms with Gasteiger partial charge in [0.05, 0.1) is 0 Å². The maximum absolute atomic E-state index is 11.2. The van der Waals surface area contributed by atoms with E-state index in [0.717, 1.165) is 10.8 Å². The van der Waals surface area contributed by atoms with E-state index in [-0.39, 0.29) is 10.6 Å². The van der Waals surface area contributed by atoms with Gasteiger partial charge >= 0.3 is 139 Å². The van der Waals surface area contributed by atoms with Crippen LogP contribution in [0.5, 0.6) is 0 Å². The molecule has 120 valence electrons. The fourth-order valence-corrected chi connectivity index (χ4v) is 5.54. The Balaban J connectivity index is 2.10. The molecule has 0 aliphatic heterocycles. The molecule has 3 N–H and O–H groups in total. The third kappa shape index (κ3) is 2.22. The van der Waals surface area contributed by atoms with Gasteiger partial charge in [0.15, 0.2) is 0 Å². The number of hydrogen-bond donors (Lipinski definition) is 3. The Bertz CT molecular complexity index is 970. The summed E-state index contributed by atoms with van der Waals surface area (Å²) in [4.78, 5) is 33.5. The molecule has 4 aromatic rings. The van der Waals surface area contributed by atoms with Gasteiger partial charge in [0.1, 0.15) is 0 Å². The molecule has 0 atom stereocenters. The Kier molecular flexibility index (Phi) is 3.24. The van der Waals surface area contributed by atoms with Crippen molar-refractivity contribution in [1.29, 1.82) is 0 Å². The van der Waals surface area contributed by atoms with Crippen LogP contribution in [-0.4, -0.2) is 14.7 Å². The van der Waals surface area contributed by atoms with Crippen molar-refractivity contribution in [2.45, 2.75) is 0 Å². The van der Waals surface area contributed by atoms with Crippen molar-refractivity contribution in [3.8, 4) is 0 Å². The first kappa shape index (κ1) is 15.3. The summed E-state index contributed by atoms with van der Waals surface area (Å²) in [5.74, 6) is 0. The molecule has 4 rings (SSSR count). The first-order valence-electron chi connectivity index (χ1n) is 7.69. The zero-order valence-electron chi connectivity index (χ0n) is 12.9. The van der Waals surface area contributed by atoms with E-state index in [1.54, 1.807) is 36.4 Å². The van der Waals surface area contributed by atoms with E-state index in [4.69, 9.17) is 0 Å². The molecule has 0 unspecified atom stereocenters. The molecule has 0 aliphatic rings. The summed E-state index contributed by atoms with van der Waals surface area (Å²) in [6.45, 7) is 0. The molecule has 0 heterocycles. The zero-order valence-corrected chi connectivity index (χ0v) is 13.8. The summed E-state index contributed by atoms with van der Waals surface area (Å²) in [6, 6.07) is 25.1. The van der Waals surface area contributed by atoms with E-state index in [1.807, 2.05) is 48.5 Å². The van der Waals surface area contributed by atoms with Crippen LogP contribution in [0.2, 0.25) is 0 Å². The van der Waals surface area contributed by atoms with Gasteiger partial charge < -0.3 is 0 Å². The molecule has 4 heteroatoms. The van der Waals surface area contributed by atoms with Gasteiger partial charge in [0.25, 0.3) is 0 Å². The fraction of sp³-hybridized carbons (Fsp3) is 0. The molecule has 0 aliphatic carbocycles. The van der Waals surface area contributed by atoms with E-state index in [9.17, 15) is 14.7 Å². The van der Waals surface area contributed by atoms with Crippen LogP contribution in [0.15, 0.2) is 84.9 Å². The maximum atomic E-state index is 11.2. The van der Waals surface area contributed by atoms with Crippen molar-refractivity contribution in [1.82, 2.24) is 0 Å². The van der Waals surface area contributed by atoms with Gasteiger partial charge in [-0.25, -0.2) is 0 Å². The first-order valence-corrected chi connectivity index (χ1v) is 9.78.